The normalized spacial score (nSPS) is 8.89. The zero-order chi connectivity index (χ0) is 7.11. The Morgan fingerprint density at radius 3 is 2.56 bits per heavy atom. The lowest BCUT2D eigenvalue weighted by atomic mass is 10.2. The van der Waals surface area contributed by atoms with E-state index in [-0.39, 0.29) is 0 Å². The summed E-state index contributed by atoms with van der Waals surface area (Å²) in [6.07, 6.45) is 6.29. The van der Waals surface area contributed by atoms with Crippen molar-refractivity contribution in [3.63, 3.8) is 0 Å². The van der Waals surface area contributed by atoms with Gasteiger partial charge in [-0.25, -0.2) is 0 Å². The third-order valence-corrected chi connectivity index (χ3v) is 1.16. The van der Waals surface area contributed by atoms with E-state index in [2.05, 4.69) is 13.2 Å². The summed E-state index contributed by atoms with van der Waals surface area (Å²) < 4.78 is 0. The van der Waals surface area contributed by atoms with Gasteiger partial charge in [0.05, 0.1) is 0 Å². The molecule has 0 atom stereocenters. The third-order valence-electron chi connectivity index (χ3n) is 1.16. The molecule has 0 amide bonds. The van der Waals surface area contributed by atoms with Crippen molar-refractivity contribution in [3.8, 4) is 0 Å². The molecular formula is C8H15N. The Morgan fingerprint density at radius 2 is 2.11 bits per heavy atom. The Morgan fingerprint density at radius 1 is 1.44 bits per heavy atom. The van der Waals surface area contributed by atoms with E-state index in [4.69, 9.17) is 5.73 Å². The fourth-order valence-electron chi connectivity index (χ4n) is 0.641. The van der Waals surface area contributed by atoms with Crippen LogP contribution in [0.25, 0.3) is 0 Å². The van der Waals surface area contributed by atoms with E-state index in [1.807, 2.05) is 6.08 Å². The van der Waals surface area contributed by atoms with Crippen LogP contribution in [0.2, 0.25) is 0 Å². The first-order chi connectivity index (χ1) is 4.27. The summed E-state index contributed by atoms with van der Waals surface area (Å²) in [5.41, 5.74) is 6.15. The van der Waals surface area contributed by atoms with Crippen LogP contribution in [0.1, 0.15) is 25.7 Å². The van der Waals surface area contributed by atoms with Crippen molar-refractivity contribution in [2.24, 2.45) is 5.73 Å². The van der Waals surface area contributed by atoms with Crippen molar-refractivity contribution < 1.29 is 0 Å². The minimum Gasteiger partial charge on any atom is -0.403 e. The van der Waals surface area contributed by atoms with Gasteiger partial charge in [-0.1, -0.05) is 12.7 Å². The van der Waals surface area contributed by atoms with Crippen LogP contribution < -0.4 is 5.73 Å². The molecule has 0 heterocycles. The van der Waals surface area contributed by atoms with Crippen molar-refractivity contribution in [1.29, 1.82) is 0 Å². The minimum atomic E-state index is 0.791. The SMILES string of the molecule is C=CCCCCC(=C)N. The number of hydrogen-bond donors (Lipinski definition) is 1. The van der Waals surface area contributed by atoms with Gasteiger partial charge in [-0.15, -0.1) is 6.58 Å². The molecule has 0 aromatic rings. The van der Waals surface area contributed by atoms with Crippen LogP contribution >= 0.6 is 0 Å². The molecule has 52 valence electrons. The summed E-state index contributed by atoms with van der Waals surface area (Å²) in [7, 11) is 0. The zero-order valence-electron chi connectivity index (χ0n) is 5.90. The van der Waals surface area contributed by atoms with Gasteiger partial charge in [0.1, 0.15) is 0 Å². The molecule has 0 fully saturated rings. The molecule has 0 aromatic carbocycles. The van der Waals surface area contributed by atoms with Crippen molar-refractivity contribution in [1.82, 2.24) is 0 Å². The fraction of sp³-hybridized carbons (Fsp3) is 0.500. The van der Waals surface area contributed by atoms with Gasteiger partial charge in [-0.3, -0.25) is 0 Å². The predicted molar refractivity (Wildman–Crippen MR) is 42.0 cm³/mol. The molecule has 0 radical (unpaired) electrons. The first-order valence-corrected chi connectivity index (χ1v) is 3.31. The highest BCUT2D eigenvalue weighted by molar-refractivity contribution is 4.85. The summed E-state index contributed by atoms with van der Waals surface area (Å²) in [5.74, 6) is 0. The quantitative estimate of drug-likeness (QED) is 0.442. The molecule has 0 spiro atoms. The first kappa shape index (κ1) is 8.28. The lowest BCUT2D eigenvalue weighted by Crippen LogP contribution is -1.93. The van der Waals surface area contributed by atoms with Crippen molar-refractivity contribution >= 4 is 0 Å². The molecule has 0 aromatic heterocycles. The maximum atomic E-state index is 5.35. The smallest absolute Gasteiger partial charge is 0.000744 e. The molecule has 9 heavy (non-hydrogen) atoms. The molecule has 1 nitrogen and oxygen atoms in total. The van der Waals surface area contributed by atoms with Crippen LogP contribution in [0.5, 0.6) is 0 Å². The molecule has 2 N–H and O–H groups in total. The Hall–Kier alpha value is -0.720. The van der Waals surface area contributed by atoms with Crippen LogP contribution in [0, 0.1) is 0 Å². The molecular weight excluding hydrogens is 110 g/mol. The lowest BCUT2D eigenvalue weighted by Gasteiger charge is -1.95. The van der Waals surface area contributed by atoms with Crippen LogP contribution in [0.4, 0.5) is 0 Å². The molecule has 0 bridgehead atoms. The van der Waals surface area contributed by atoms with Gasteiger partial charge in [-0.2, -0.15) is 0 Å². The number of allylic oxidation sites excluding steroid dienone is 2. The van der Waals surface area contributed by atoms with Gasteiger partial charge in [0.2, 0.25) is 0 Å². The van der Waals surface area contributed by atoms with E-state index in [0.29, 0.717) is 0 Å². The second-order valence-corrected chi connectivity index (χ2v) is 2.19. The Labute approximate surface area is 57.3 Å². The third kappa shape index (κ3) is 7.28. The van der Waals surface area contributed by atoms with Gasteiger partial charge >= 0.3 is 0 Å². The van der Waals surface area contributed by atoms with E-state index in [1.54, 1.807) is 0 Å². The van der Waals surface area contributed by atoms with Gasteiger partial charge in [0.25, 0.3) is 0 Å². The Bertz CT molecular complexity index is 94.7. The van der Waals surface area contributed by atoms with E-state index in [9.17, 15) is 0 Å². The second-order valence-electron chi connectivity index (χ2n) is 2.19. The van der Waals surface area contributed by atoms with Crippen LogP contribution in [-0.4, -0.2) is 0 Å². The highest BCUT2D eigenvalue weighted by Gasteiger charge is 1.85. The molecule has 0 aliphatic carbocycles. The number of unbranched alkanes of at least 4 members (excludes halogenated alkanes) is 2. The maximum Gasteiger partial charge on any atom is 0.000744 e. The molecule has 0 saturated carbocycles. The maximum absolute atomic E-state index is 5.35. The highest BCUT2D eigenvalue weighted by Crippen LogP contribution is 2.02. The van der Waals surface area contributed by atoms with Gasteiger partial charge in [0, 0.05) is 5.70 Å². The molecule has 0 rings (SSSR count). The Balaban J connectivity index is 2.91. The van der Waals surface area contributed by atoms with Gasteiger partial charge in [0.15, 0.2) is 0 Å². The summed E-state index contributed by atoms with van der Waals surface area (Å²) in [6.45, 7) is 7.23. The van der Waals surface area contributed by atoms with Crippen molar-refractivity contribution in [3.05, 3.63) is 24.9 Å². The minimum absolute atomic E-state index is 0.791. The largest absolute Gasteiger partial charge is 0.403 e. The summed E-state index contributed by atoms with van der Waals surface area (Å²) in [6, 6.07) is 0. The van der Waals surface area contributed by atoms with Crippen molar-refractivity contribution in [2.75, 3.05) is 0 Å². The predicted octanol–water partition coefficient (Wildman–Crippen LogP) is 2.21. The average Bonchev–Trinajstić information content (AvgIpc) is 1.80. The molecule has 1 heteroatoms. The fourth-order valence-corrected chi connectivity index (χ4v) is 0.641. The van der Waals surface area contributed by atoms with Crippen LogP contribution in [0.3, 0.4) is 0 Å². The van der Waals surface area contributed by atoms with E-state index < -0.39 is 0 Å². The highest BCUT2D eigenvalue weighted by atomic mass is 14.5. The molecule has 0 saturated heterocycles. The summed E-state index contributed by atoms with van der Waals surface area (Å²) in [4.78, 5) is 0. The zero-order valence-corrected chi connectivity index (χ0v) is 5.90. The number of hydrogen-bond acceptors (Lipinski definition) is 1. The van der Waals surface area contributed by atoms with E-state index >= 15 is 0 Å². The first-order valence-electron chi connectivity index (χ1n) is 3.31. The topological polar surface area (TPSA) is 26.0 Å². The lowest BCUT2D eigenvalue weighted by molar-refractivity contribution is 0.740. The van der Waals surface area contributed by atoms with Gasteiger partial charge in [-0.05, 0) is 25.7 Å². The molecule has 0 aliphatic heterocycles. The van der Waals surface area contributed by atoms with E-state index in [0.717, 1.165) is 25.0 Å². The number of nitrogens with two attached hydrogens (primary N) is 1. The Kier molecular flexibility index (Phi) is 4.98. The van der Waals surface area contributed by atoms with Crippen LogP contribution in [-0.2, 0) is 0 Å². The molecule has 0 aliphatic rings. The summed E-state index contributed by atoms with van der Waals surface area (Å²) >= 11 is 0. The van der Waals surface area contributed by atoms with Gasteiger partial charge < -0.3 is 5.73 Å². The van der Waals surface area contributed by atoms with Crippen molar-refractivity contribution in [2.45, 2.75) is 25.7 Å². The average molecular weight is 125 g/mol. The summed E-state index contributed by atoms with van der Waals surface area (Å²) in [5, 5.41) is 0. The second kappa shape index (κ2) is 5.42. The number of rotatable bonds is 5. The van der Waals surface area contributed by atoms with E-state index in [1.165, 1.54) is 6.42 Å². The standard InChI is InChI=1S/C8H15N/c1-3-4-5-6-7-8(2)9/h3H,1-2,4-7,9H2. The molecule has 0 unspecified atom stereocenters. The van der Waals surface area contributed by atoms with Crippen LogP contribution in [0.15, 0.2) is 24.9 Å². The monoisotopic (exact) mass is 125 g/mol.